The van der Waals surface area contributed by atoms with Gasteiger partial charge in [0.2, 0.25) is 0 Å². The number of unbranched alkanes of at least 4 members (excludes halogenated alkanes) is 1. The number of carbonyl (C=O) groups excluding carboxylic acids is 1. The smallest absolute Gasteiger partial charge is 0.333 e. The molecule has 0 unspecified atom stereocenters. The molecule has 0 aromatic heterocycles. The van der Waals surface area contributed by atoms with Gasteiger partial charge in [0, 0.05) is 6.54 Å². The molecule has 0 rings (SSSR count). The van der Waals surface area contributed by atoms with Crippen LogP contribution in [-0.2, 0) is 0 Å². The summed E-state index contributed by atoms with van der Waals surface area (Å²) in [5, 5.41) is 9.08. The van der Waals surface area contributed by atoms with Crippen molar-refractivity contribution in [3.05, 3.63) is 0 Å². The van der Waals surface area contributed by atoms with E-state index >= 15 is 0 Å². The molecule has 0 bridgehead atoms. The van der Waals surface area contributed by atoms with Gasteiger partial charge < -0.3 is 21.7 Å². The van der Waals surface area contributed by atoms with Gasteiger partial charge in [0.15, 0.2) is 0 Å². The molecule has 6 heteroatoms. The number of urea groups is 1. The van der Waals surface area contributed by atoms with Crippen LogP contribution in [-0.4, -0.2) is 45.3 Å². The van der Waals surface area contributed by atoms with Crippen LogP contribution in [0.3, 0.4) is 0 Å². The Morgan fingerprint density at radius 1 is 0.882 bits per heavy atom. The molecule has 6 N–H and O–H groups in total. The molecule has 6 nitrogen and oxygen atoms in total. The van der Waals surface area contributed by atoms with Crippen LogP contribution in [0, 0.1) is 0 Å². The summed E-state index contributed by atoms with van der Waals surface area (Å²) in [7, 11) is 0. The number of hydrogen-bond acceptors (Lipinski definition) is 4. The highest BCUT2D eigenvalue weighted by atomic mass is 16.2. The standard InChI is InChI=1S/C11H26N5O/c12-5-3-8-14-6-1-2-7-15-9-4-10-16-11(13)17/h13-15H,1-10,12H2,(H,16,17). The summed E-state index contributed by atoms with van der Waals surface area (Å²) in [6, 6.07) is -0.700. The van der Waals surface area contributed by atoms with Crippen molar-refractivity contribution in [1.29, 1.82) is 0 Å². The average Bonchev–Trinajstić information content (AvgIpc) is 2.30. The Labute approximate surface area is 104 Å². The van der Waals surface area contributed by atoms with E-state index in [-0.39, 0.29) is 0 Å². The summed E-state index contributed by atoms with van der Waals surface area (Å²) in [6.45, 7) is 5.29. The molecule has 0 spiro atoms. The number of amides is 2. The van der Waals surface area contributed by atoms with Crippen LogP contribution >= 0.6 is 0 Å². The molecule has 0 saturated heterocycles. The highest BCUT2D eigenvalue weighted by Crippen LogP contribution is 1.85. The van der Waals surface area contributed by atoms with Crippen molar-refractivity contribution in [2.24, 2.45) is 5.73 Å². The van der Waals surface area contributed by atoms with E-state index in [1.54, 1.807) is 0 Å². The van der Waals surface area contributed by atoms with E-state index in [1.807, 2.05) is 0 Å². The molecule has 0 aliphatic heterocycles. The van der Waals surface area contributed by atoms with Gasteiger partial charge in [-0.3, -0.25) is 0 Å². The SMILES string of the molecule is [NH]C(=O)NCCCNCCCCNCCCN. The Balaban J connectivity index is 2.91. The Morgan fingerprint density at radius 3 is 1.94 bits per heavy atom. The van der Waals surface area contributed by atoms with E-state index in [1.165, 1.54) is 6.42 Å². The predicted molar refractivity (Wildman–Crippen MR) is 69.8 cm³/mol. The molecule has 0 saturated carbocycles. The minimum absolute atomic E-state index is 0.579. The van der Waals surface area contributed by atoms with E-state index in [9.17, 15) is 4.79 Å². The number of nitrogens with one attached hydrogen (secondary N) is 4. The highest BCUT2D eigenvalue weighted by Gasteiger charge is 1.92. The Bertz CT molecular complexity index is 177. The lowest BCUT2D eigenvalue weighted by Gasteiger charge is -2.06. The third kappa shape index (κ3) is 15.1. The summed E-state index contributed by atoms with van der Waals surface area (Å²) >= 11 is 0. The third-order valence-corrected chi connectivity index (χ3v) is 2.33. The highest BCUT2D eigenvalue weighted by molar-refractivity contribution is 5.70. The van der Waals surface area contributed by atoms with Gasteiger partial charge >= 0.3 is 6.03 Å². The van der Waals surface area contributed by atoms with E-state index < -0.39 is 6.03 Å². The normalized spacial score (nSPS) is 10.4. The Kier molecular flexibility index (Phi) is 12.6. The fourth-order valence-corrected chi connectivity index (χ4v) is 1.39. The van der Waals surface area contributed by atoms with Gasteiger partial charge in [0.25, 0.3) is 0 Å². The second-order valence-electron chi connectivity index (χ2n) is 3.96. The molecular weight excluding hydrogens is 218 g/mol. The number of carbonyl (C=O) groups is 1. The van der Waals surface area contributed by atoms with Crippen molar-refractivity contribution in [3.8, 4) is 0 Å². The first-order chi connectivity index (χ1) is 8.27. The van der Waals surface area contributed by atoms with Gasteiger partial charge in [0.05, 0.1) is 0 Å². The predicted octanol–water partition coefficient (Wildman–Crippen LogP) is -0.323. The average molecular weight is 244 g/mol. The van der Waals surface area contributed by atoms with Crippen LogP contribution in [0.1, 0.15) is 25.7 Å². The molecule has 0 aliphatic carbocycles. The summed E-state index contributed by atoms with van der Waals surface area (Å²) in [5.41, 5.74) is 12.0. The first kappa shape index (κ1) is 16.1. The van der Waals surface area contributed by atoms with Gasteiger partial charge in [-0.1, -0.05) is 0 Å². The fourth-order valence-electron chi connectivity index (χ4n) is 1.39. The second-order valence-corrected chi connectivity index (χ2v) is 3.96. The van der Waals surface area contributed by atoms with Gasteiger partial charge in [-0.15, -0.1) is 0 Å². The molecule has 0 heterocycles. The maximum Gasteiger partial charge on any atom is 0.333 e. The molecule has 1 radical (unpaired) electrons. The summed E-state index contributed by atoms with van der Waals surface area (Å²) in [4.78, 5) is 10.2. The van der Waals surface area contributed by atoms with Gasteiger partial charge in [-0.2, -0.15) is 0 Å². The van der Waals surface area contributed by atoms with Gasteiger partial charge in [-0.25, -0.2) is 10.5 Å². The zero-order valence-electron chi connectivity index (χ0n) is 10.6. The molecule has 0 aromatic carbocycles. The third-order valence-electron chi connectivity index (χ3n) is 2.33. The van der Waals surface area contributed by atoms with Crippen LogP contribution in [0.5, 0.6) is 0 Å². The maximum atomic E-state index is 10.2. The van der Waals surface area contributed by atoms with E-state index in [4.69, 9.17) is 11.5 Å². The molecule has 17 heavy (non-hydrogen) atoms. The first-order valence-electron chi connectivity index (χ1n) is 6.38. The van der Waals surface area contributed by atoms with Crippen LogP contribution in [0.4, 0.5) is 4.79 Å². The molecule has 0 aliphatic rings. The van der Waals surface area contributed by atoms with Gasteiger partial charge in [-0.05, 0) is 58.4 Å². The number of nitrogens with two attached hydrogens (primary N) is 1. The molecule has 0 aromatic rings. The summed E-state index contributed by atoms with van der Waals surface area (Å²) in [5.74, 6) is 0. The molecular formula is C11H26N5O. The molecule has 2 amide bonds. The van der Waals surface area contributed by atoms with Crippen LogP contribution in [0.2, 0.25) is 0 Å². The monoisotopic (exact) mass is 244 g/mol. The Morgan fingerprint density at radius 2 is 1.41 bits per heavy atom. The maximum absolute atomic E-state index is 10.2. The van der Waals surface area contributed by atoms with E-state index in [2.05, 4.69) is 16.0 Å². The van der Waals surface area contributed by atoms with Crippen LogP contribution in [0.25, 0.3) is 0 Å². The second kappa shape index (κ2) is 13.2. The zero-order valence-corrected chi connectivity index (χ0v) is 10.6. The van der Waals surface area contributed by atoms with Crippen molar-refractivity contribution < 1.29 is 4.79 Å². The zero-order chi connectivity index (χ0) is 12.8. The van der Waals surface area contributed by atoms with Crippen molar-refractivity contribution in [3.63, 3.8) is 0 Å². The molecule has 101 valence electrons. The van der Waals surface area contributed by atoms with Crippen molar-refractivity contribution in [2.75, 3.05) is 39.3 Å². The number of hydrogen-bond donors (Lipinski definition) is 4. The quantitative estimate of drug-likeness (QED) is 0.353. The van der Waals surface area contributed by atoms with E-state index in [0.29, 0.717) is 6.54 Å². The topological polar surface area (TPSA) is 103 Å². The van der Waals surface area contributed by atoms with Crippen molar-refractivity contribution in [2.45, 2.75) is 25.7 Å². The minimum Gasteiger partial charge on any atom is -0.337 e. The lowest BCUT2D eigenvalue weighted by atomic mass is 10.3. The molecule has 0 fully saturated rings. The lowest BCUT2D eigenvalue weighted by molar-refractivity contribution is 0.247. The van der Waals surface area contributed by atoms with Crippen LogP contribution < -0.4 is 27.4 Å². The van der Waals surface area contributed by atoms with Gasteiger partial charge in [0.1, 0.15) is 0 Å². The minimum atomic E-state index is -0.700. The van der Waals surface area contributed by atoms with Crippen molar-refractivity contribution >= 4 is 6.03 Å². The summed E-state index contributed by atoms with van der Waals surface area (Å²) in [6.07, 6.45) is 4.24. The Hall–Kier alpha value is -0.850. The van der Waals surface area contributed by atoms with Crippen LogP contribution in [0.15, 0.2) is 0 Å². The van der Waals surface area contributed by atoms with Crippen molar-refractivity contribution in [1.82, 2.24) is 21.7 Å². The van der Waals surface area contributed by atoms with E-state index in [0.717, 1.165) is 52.0 Å². The molecule has 0 atom stereocenters. The fraction of sp³-hybridized carbons (Fsp3) is 0.909. The number of rotatable bonds is 12. The summed E-state index contributed by atoms with van der Waals surface area (Å²) < 4.78 is 0. The lowest BCUT2D eigenvalue weighted by Crippen LogP contribution is -2.27. The first-order valence-corrected chi connectivity index (χ1v) is 6.38. The largest absolute Gasteiger partial charge is 0.337 e.